The van der Waals surface area contributed by atoms with Gasteiger partial charge in [0.15, 0.2) is 0 Å². The minimum Gasteiger partial charge on any atom is -0.481 e. The molecule has 0 aromatic rings. The van der Waals surface area contributed by atoms with Crippen molar-refractivity contribution in [1.29, 1.82) is 0 Å². The van der Waals surface area contributed by atoms with Crippen LogP contribution in [0, 0.1) is 6.42 Å². The third-order valence-corrected chi connectivity index (χ3v) is 3.99. The van der Waals surface area contributed by atoms with Crippen molar-refractivity contribution >= 4 is 5.97 Å². The maximum Gasteiger partial charge on any atom is 0.303 e. The average Bonchev–Trinajstić information content (AvgIpc) is 2.51. The van der Waals surface area contributed by atoms with Crippen LogP contribution in [0.1, 0.15) is 124 Å². The summed E-state index contributed by atoms with van der Waals surface area (Å²) in [5.74, 6) is -0.653. The van der Waals surface area contributed by atoms with Crippen LogP contribution in [0.5, 0.6) is 0 Å². The van der Waals surface area contributed by atoms with E-state index in [0.29, 0.717) is 6.42 Å². The van der Waals surface area contributed by atoms with Crippen molar-refractivity contribution in [2.75, 3.05) is 0 Å². The van der Waals surface area contributed by atoms with Gasteiger partial charge in [-0.1, -0.05) is 96.8 Å². The molecular formula is C21H43O2Ti-. The first-order valence-corrected chi connectivity index (χ1v) is 10.1. The summed E-state index contributed by atoms with van der Waals surface area (Å²) in [6.45, 7) is 6.27. The van der Waals surface area contributed by atoms with Crippen LogP contribution < -0.4 is 0 Å². The zero-order valence-electron chi connectivity index (χ0n) is 16.7. The predicted molar refractivity (Wildman–Crippen MR) is 103 cm³/mol. The SMILES string of the molecule is CCCCCCCCCCCCCCCCCC(=O)O.C[CH-]C.[Ti]. The van der Waals surface area contributed by atoms with Gasteiger partial charge in [-0.2, -0.15) is 13.8 Å². The van der Waals surface area contributed by atoms with Gasteiger partial charge in [0.1, 0.15) is 0 Å². The molecule has 0 amide bonds. The Labute approximate surface area is 167 Å². The predicted octanol–water partition coefficient (Wildman–Crippen LogP) is 7.56. The molecule has 0 aromatic heterocycles. The van der Waals surface area contributed by atoms with Crippen LogP contribution >= 0.6 is 0 Å². The summed E-state index contributed by atoms with van der Waals surface area (Å²) >= 11 is 0. The van der Waals surface area contributed by atoms with E-state index in [1.54, 1.807) is 0 Å². The van der Waals surface area contributed by atoms with E-state index in [-0.39, 0.29) is 21.7 Å². The number of carboxylic acids is 1. The molecule has 0 aromatic carbocycles. The van der Waals surface area contributed by atoms with E-state index >= 15 is 0 Å². The number of rotatable bonds is 16. The second kappa shape index (κ2) is 28.0. The molecule has 0 fully saturated rings. The van der Waals surface area contributed by atoms with Gasteiger partial charge in [-0.15, -0.1) is 0 Å². The third kappa shape index (κ3) is 33.7. The molecule has 144 valence electrons. The van der Waals surface area contributed by atoms with Gasteiger partial charge in [0.2, 0.25) is 0 Å². The van der Waals surface area contributed by atoms with E-state index in [1.807, 2.05) is 20.3 Å². The number of unbranched alkanes of at least 4 members (excludes halogenated alkanes) is 14. The fraction of sp³-hybridized carbons (Fsp3) is 0.905. The Morgan fingerprint density at radius 3 is 1.17 bits per heavy atom. The van der Waals surface area contributed by atoms with Crippen molar-refractivity contribution in [2.45, 2.75) is 124 Å². The fourth-order valence-corrected chi connectivity index (χ4v) is 2.65. The van der Waals surface area contributed by atoms with Crippen LogP contribution in [-0.4, -0.2) is 11.1 Å². The van der Waals surface area contributed by atoms with E-state index in [0.717, 1.165) is 12.8 Å². The second-order valence-electron chi connectivity index (χ2n) is 6.67. The van der Waals surface area contributed by atoms with Crippen molar-refractivity contribution < 1.29 is 31.6 Å². The van der Waals surface area contributed by atoms with Crippen LogP contribution in [0.25, 0.3) is 0 Å². The first-order chi connectivity index (χ1) is 11.2. The average molecular weight is 375 g/mol. The molecule has 0 heterocycles. The van der Waals surface area contributed by atoms with Gasteiger partial charge in [-0.3, -0.25) is 4.79 Å². The van der Waals surface area contributed by atoms with E-state index in [1.165, 1.54) is 83.5 Å². The summed E-state index contributed by atoms with van der Waals surface area (Å²) in [6, 6.07) is 0. The zero-order chi connectivity index (χ0) is 17.6. The van der Waals surface area contributed by atoms with E-state index in [9.17, 15) is 4.79 Å². The van der Waals surface area contributed by atoms with Crippen molar-refractivity contribution in [2.24, 2.45) is 0 Å². The molecule has 0 radical (unpaired) electrons. The Kier molecular flexibility index (Phi) is 33.8. The maximum absolute atomic E-state index is 10.3. The van der Waals surface area contributed by atoms with E-state index in [2.05, 4.69) is 6.92 Å². The maximum atomic E-state index is 10.3. The van der Waals surface area contributed by atoms with E-state index < -0.39 is 5.97 Å². The van der Waals surface area contributed by atoms with Gasteiger partial charge in [0.05, 0.1) is 0 Å². The molecule has 0 unspecified atom stereocenters. The molecule has 3 heteroatoms. The topological polar surface area (TPSA) is 37.3 Å². The number of hydrogen-bond donors (Lipinski definition) is 1. The molecule has 0 aliphatic heterocycles. The zero-order valence-corrected chi connectivity index (χ0v) is 18.3. The smallest absolute Gasteiger partial charge is 0.303 e. The molecule has 24 heavy (non-hydrogen) atoms. The molecule has 0 bridgehead atoms. The summed E-state index contributed by atoms with van der Waals surface area (Å²) < 4.78 is 0. The van der Waals surface area contributed by atoms with Crippen molar-refractivity contribution in [3.63, 3.8) is 0 Å². The number of aliphatic carboxylic acids is 1. The van der Waals surface area contributed by atoms with Gasteiger partial charge in [-0.05, 0) is 6.42 Å². The summed E-state index contributed by atoms with van der Waals surface area (Å²) in [5, 5.41) is 8.52. The first-order valence-electron chi connectivity index (χ1n) is 10.1. The minimum atomic E-state index is -0.653. The van der Waals surface area contributed by atoms with Crippen LogP contribution in [0.4, 0.5) is 0 Å². The minimum absolute atomic E-state index is 0. The van der Waals surface area contributed by atoms with Crippen LogP contribution in [-0.2, 0) is 26.5 Å². The number of carbonyl (C=O) groups is 1. The molecule has 0 aliphatic rings. The molecule has 1 N–H and O–H groups in total. The van der Waals surface area contributed by atoms with Gasteiger partial charge >= 0.3 is 5.97 Å². The van der Waals surface area contributed by atoms with Crippen molar-refractivity contribution in [1.82, 2.24) is 0 Å². The van der Waals surface area contributed by atoms with Gasteiger partial charge in [0.25, 0.3) is 0 Å². The van der Waals surface area contributed by atoms with Crippen LogP contribution in [0.3, 0.4) is 0 Å². The monoisotopic (exact) mass is 375 g/mol. The van der Waals surface area contributed by atoms with E-state index in [4.69, 9.17) is 5.11 Å². The van der Waals surface area contributed by atoms with Crippen molar-refractivity contribution in [3.05, 3.63) is 6.42 Å². The van der Waals surface area contributed by atoms with Gasteiger partial charge < -0.3 is 11.5 Å². The summed E-state index contributed by atoms with van der Waals surface area (Å²) in [7, 11) is 0. The van der Waals surface area contributed by atoms with Crippen LogP contribution in [0.15, 0.2) is 0 Å². The standard InChI is InChI=1S/C18H36O2.C3H7.Ti/c1-2-3-4-5-6-7-8-9-10-11-12-13-14-15-16-17-18(19)20;1-3-2;/h2-17H2,1H3,(H,19,20);3H,1-2H3;/q;-1;. The molecule has 2 nitrogen and oxygen atoms in total. The molecule has 0 saturated carbocycles. The third-order valence-electron chi connectivity index (χ3n) is 3.99. The molecule has 0 spiro atoms. The van der Waals surface area contributed by atoms with Crippen LogP contribution in [0.2, 0.25) is 0 Å². The van der Waals surface area contributed by atoms with Crippen molar-refractivity contribution in [3.8, 4) is 0 Å². The Morgan fingerprint density at radius 2 is 0.917 bits per heavy atom. The summed E-state index contributed by atoms with van der Waals surface area (Å²) in [4.78, 5) is 10.3. The quantitative estimate of drug-likeness (QED) is 0.172. The Bertz CT molecular complexity index is 220. The largest absolute Gasteiger partial charge is 0.481 e. The first kappa shape index (κ1) is 29.0. The second-order valence-corrected chi connectivity index (χ2v) is 6.67. The molecule has 0 aliphatic carbocycles. The van der Waals surface area contributed by atoms with Gasteiger partial charge in [0, 0.05) is 28.1 Å². The molecular weight excluding hydrogens is 332 g/mol. The summed E-state index contributed by atoms with van der Waals surface area (Å²) in [5.41, 5.74) is 0. The Balaban J connectivity index is -0.00000102. The molecule has 0 saturated heterocycles. The normalized spacial score (nSPS) is 9.79. The Hall–Kier alpha value is 0.184. The molecule has 0 rings (SSSR count). The fourth-order valence-electron chi connectivity index (χ4n) is 2.65. The molecule has 0 atom stereocenters. The Morgan fingerprint density at radius 1 is 0.667 bits per heavy atom. The number of hydrogen-bond acceptors (Lipinski definition) is 1. The summed E-state index contributed by atoms with van der Waals surface area (Å²) in [6.07, 6.45) is 22.2. The van der Waals surface area contributed by atoms with Gasteiger partial charge in [-0.25, -0.2) is 0 Å². The number of carboxylic acid groups (broad SMARTS) is 1.